The van der Waals surface area contributed by atoms with Gasteiger partial charge >= 0.3 is 0 Å². The van der Waals surface area contributed by atoms with E-state index >= 15 is 0 Å². The van der Waals surface area contributed by atoms with E-state index in [4.69, 9.17) is 4.74 Å². The fourth-order valence-electron chi connectivity index (χ4n) is 4.70. The van der Waals surface area contributed by atoms with Crippen molar-refractivity contribution in [3.63, 3.8) is 0 Å². The first-order chi connectivity index (χ1) is 13.7. The van der Waals surface area contributed by atoms with Crippen molar-refractivity contribution < 1.29 is 9.53 Å². The Bertz CT molecular complexity index is 787. The van der Waals surface area contributed by atoms with E-state index in [1.54, 1.807) is 0 Å². The van der Waals surface area contributed by atoms with E-state index in [-0.39, 0.29) is 11.8 Å². The Morgan fingerprint density at radius 2 is 1.79 bits per heavy atom. The van der Waals surface area contributed by atoms with Gasteiger partial charge in [-0.05, 0) is 68.0 Å². The molecule has 2 aliphatic rings. The monoisotopic (exact) mass is 380 g/mol. The van der Waals surface area contributed by atoms with Crippen LogP contribution < -0.4 is 5.32 Å². The van der Waals surface area contributed by atoms with E-state index in [0.29, 0.717) is 12.0 Å². The topological polar surface area (TPSA) is 41.6 Å². The van der Waals surface area contributed by atoms with Gasteiger partial charge in [-0.1, -0.05) is 42.5 Å². The van der Waals surface area contributed by atoms with Crippen molar-refractivity contribution in [2.24, 2.45) is 11.8 Å². The zero-order valence-corrected chi connectivity index (χ0v) is 16.9. The number of ether oxygens (including phenoxy) is 1. The smallest absolute Gasteiger partial charge is 0.223 e. The van der Waals surface area contributed by atoms with Gasteiger partial charge in [0.15, 0.2) is 0 Å². The van der Waals surface area contributed by atoms with Gasteiger partial charge < -0.3 is 10.1 Å². The second-order valence-electron chi connectivity index (χ2n) is 8.36. The molecule has 150 valence electrons. The van der Waals surface area contributed by atoms with Crippen molar-refractivity contribution in [2.75, 3.05) is 32.8 Å². The number of benzene rings is 2. The predicted molar refractivity (Wildman–Crippen MR) is 113 cm³/mol. The van der Waals surface area contributed by atoms with Crippen molar-refractivity contribution in [1.29, 1.82) is 0 Å². The third kappa shape index (κ3) is 4.39. The molecule has 4 nitrogen and oxygen atoms in total. The van der Waals surface area contributed by atoms with Gasteiger partial charge in [-0.15, -0.1) is 0 Å². The molecule has 28 heavy (non-hydrogen) atoms. The number of amides is 1. The first-order valence-electron chi connectivity index (χ1n) is 10.8. The van der Waals surface area contributed by atoms with E-state index in [1.807, 2.05) is 0 Å². The van der Waals surface area contributed by atoms with Crippen LogP contribution in [-0.2, 0) is 9.53 Å². The molecule has 0 bridgehead atoms. The first kappa shape index (κ1) is 19.4. The molecule has 1 N–H and O–H groups in total. The normalized spacial score (nSPS) is 20.9. The second-order valence-corrected chi connectivity index (χ2v) is 8.36. The van der Waals surface area contributed by atoms with E-state index in [2.05, 4.69) is 59.6 Å². The number of carbonyl (C=O) groups excluding carboxylic acids is 1. The van der Waals surface area contributed by atoms with Crippen LogP contribution in [0.4, 0.5) is 0 Å². The summed E-state index contributed by atoms with van der Waals surface area (Å²) in [6, 6.07) is 15.6. The molecule has 2 aromatic carbocycles. The van der Waals surface area contributed by atoms with Crippen LogP contribution in [0.15, 0.2) is 42.5 Å². The highest BCUT2D eigenvalue weighted by molar-refractivity contribution is 5.86. The van der Waals surface area contributed by atoms with E-state index in [9.17, 15) is 4.79 Å². The van der Waals surface area contributed by atoms with Gasteiger partial charge in [0.25, 0.3) is 0 Å². The summed E-state index contributed by atoms with van der Waals surface area (Å²) in [7, 11) is 0. The molecule has 0 spiro atoms. The summed E-state index contributed by atoms with van der Waals surface area (Å²) >= 11 is 0. The lowest BCUT2D eigenvalue weighted by Crippen LogP contribution is -2.42. The Balaban J connectivity index is 1.31. The molecule has 2 heterocycles. The standard InChI is InChI=1S/C24H32N2O2/c1-18(22-8-4-6-20-5-2-3-7-23(20)22)26-13-9-21(10-14-26)24(27)25-17-19-11-15-28-16-12-19/h2-8,18-19,21H,9-17H2,1H3,(H,25,27). The maximum Gasteiger partial charge on any atom is 0.223 e. The Morgan fingerprint density at radius 1 is 1.07 bits per heavy atom. The number of likely N-dealkylation sites (tertiary alicyclic amines) is 1. The lowest BCUT2D eigenvalue weighted by atomic mass is 9.92. The molecule has 1 unspecified atom stereocenters. The summed E-state index contributed by atoms with van der Waals surface area (Å²) in [6.07, 6.45) is 4.05. The summed E-state index contributed by atoms with van der Waals surface area (Å²) in [4.78, 5) is 15.1. The van der Waals surface area contributed by atoms with Crippen LogP contribution in [0.2, 0.25) is 0 Å². The third-order valence-corrected chi connectivity index (χ3v) is 6.63. The van der Waals surface area contributed by atoms with Crippen molar-refractivity contribution in [2.45, 2.75) is 38.6 Å². The summed E-state index contributed by atoms with van der Waals surface area (Å²) in [6.45, 7) is 6.76. The number of fused-ring (bicyclic) bond motifs is 1. The number of hydrogen-bond acceptors (Lipinski definition) is 3. The quantitative estimate of drug-likeness (QED) is 0.847. The number of hydrogen-bond donors (Lipinski definition) is 1. The Morgan fingerprint density at radius 3 is 2.57 bits per heavy atom. The minimum atomic E-state index is 0.163. The van der Waals surface area contributed by atoms with Crippen molar-refractivity contribution in [1.82, 2.24) is 10.2 Å². The van der Waals surface area contributed by atoms with Crippen LogP contribution in [0.25, 0.3) is 10.8 Å². The molecule has 1 atom stereocenters. The van der Waals surface area contributed by atoms with E-state index in [0.717, 1.165) is 58.5 Å². The fourth-order valence-corrected chi connectivity index (χ4v) is 4.70. The molecular formula is C24H32N2O2. The number of nitrogens with one attached hydrogen (secondary N) is 1. The zero-order valence-electron chi connectivity index (χ0n) is 16.9. The molecule has 4 rings (SSSR count). The minimum absolute atomic E-state index is 0.163. The average Bonchev–Trinajstić information content (AvgIpc) is 2.77. The Hall–Kier alpha value is -1.91. The zero-order chi connectivity index (χ0) is 19.3. The lowest BCUT2D eigenvalue weighted by molar-refractivity contribution is -0.127. The van der Waals surface area contributed by atoms with Crippen molar-refractivity contribution in [3.05, 3.63) is 48.0 Å². The van der Waals surface area contributed by atoms with Gasteiger partial charge in [0.2, 0.25) is 5.91 Å². The van der Waals surface area contributed by atoms with Gasteiger partial charge in [-0.25, -0.2) is 0 Å². The minimum Gasteiger partial charge on any atom is -0.381 e. The van der Waals surface area contributed by atoms with Crippen molar-refractivity contribution in [3.8, 4) is 0 Å². The maximum atomic E-state index is 12.6. The van der Waals surface area contributed by atoms with E-state index in [1.165, 1.54) is 16.3 Å². The largest absolute Gasteiger partial charge is 0.381 e. The van der Waals surface area contributed by atoms with Crippen LogP contribution in [0, 0.1) is 11.8 Å². The molecule has 4 heteroatoms. The van der Waals surface area contributed by atoms with Gasteiger partial charge in [0, 0.05) is 31.7 Å². The second kappa shape index (κ2) is 9.06. The van der Waals surface area contributed by atoms with Crippen LogP contribution in [-0.4, -0.2) is 43.7 Å². The number of carbonyl (C=O) groups is 1. The SMILES string of the molecule is CC(c1cccc2ccccc12)N1CCC(C(=O)NCC2CCOCC2)CC1. The van der Waals surface area contributed by atoms with Gasteiger partial charge in [-0.3, -0.25) is 9.69 Å². The van der Waals surface area contributed by atoms with Crippen LogP contribution in [0.3, 0.4) is 0 Å². The molecule has 2 aliphatic heterocycles. The molecule has 0 radical (unpaired) electrons. The Kier molecular flexibility index (Phi) is 6.28. The number of piperidine rings is 1. The predicted octanol–water partition coefficient (Wildman–Crippen LogP) is 4.16. The fraction of sp³-hybridized carbons (Fsp3) is 0.542. The van der Waals surface area contributed by atoms with E-state index < -0.39 is 0 Å². The summed E-state index contributed by atoms with van der Waals surface area (Å²) in [5.41, 5.74) is 1.39. The first-order valence-corrected chi connectivity index (χ1v) is 10.8. The summed E-state index contributed by atoms with van der Waals surface area (Å²) < 4.78 is 5.40. The number of rotatable bonds is 5. The molecule has 2 aromatic rings. The molecular weight excluding hydrogens is 348 g/mol. The van der Waals surface area contributed by atoms with Crippen molar-refractivity contribution >= 4 is 16.7 Å². The van der Waals surface area contributed by atoms with Crippen LogP contribution >= 0.6 is 0 Å². The molecule has 0 saturated carbocycles. The highest BCUT2D eigenvalue weighted by Crippen LogP contribution is 2.31. The molecule has 2 fully saturated rings. The molecule has 1 amide bonds. The van der Waals surface area contributed by atoms with Crippen LogP contribution in [0.5, 0.6) is 0 Å². The number of nitrogens with zero attached hydrogens (tertiary/aromatic N) is 1. The highest BCUT2D eigenvalue weighted by atomic mass is 16.5. The third-order valence-electron chi connectivity index (χ3n) is 6.63. The molecule has 0 aromatic heterocycles. The summed E-state index contributed by atoms with van der Waals surface area (Å²) in [5, 5.41) is 5.85. The highest BCUT2D eigenvalue weighted by Gasteiger charge is 2.28. The van der Waals surface area contributed by atoms with Gasteiger partial charge in [0.05, 0.1) is 0 Å². The Labute approximate surface area is 168 Å². The van der Waals surface area contributed by atoms with Crippen LogP contribution in [0.1, 0.15) is 44.2 Å². The maximum absolute atomic E-state index is 12.6. The van der Waals surface area contributed by atoms with Gasteiger partial charge in [-0.2, -0.15) is 0 Å². The summed E-state index contributed by atoms with van der Waals surface area (Å²) in [5.74, 6) is 1.00. The molecule has 2 saturated heterocycles. The van der Waals surface area contributed by atoms with Gasteiger partial charge in [0.1, 0.15) is 0 Å². The lowest BCUT2D eigenvalue weighted by Gasteiger charge is -2.36. The average molecular weight is 381 g/mol. The molecule has 0 aliphatic carbocycles.